The minimum Gasteiger partial charge on any atom is -0.494 e. The van der Waals surface area contributed by atoms with Gasteiger partial charge in [0.05, 0.1) is 6.61 Å². The molecule has 1 aliphatic heterocycles. The molecule has 0 spiro atoms. The first-order valence-corrected chi connectivity index (χ1v) is 9.73. The summed E-state index contributed by atoms with van der Waals surface area (Å²) in [6.45, 7) is 6.40. The van der Waals surface area contributed by atoms with Gasteiger partial charge in [-0.15, -0.1) is 0 Å². The summed E-state index contributed by atoms with van der Waals surface area (Å²) >= 11 is 0. The molecule has 0 bridgehead atoms. The maximum absolute atomic E-state index is 11.9. The molecule has 2 amide bonds. The van der Waals surface area contributed by atoms with Gasteiger partial charge in [-0.1, -0.05) is 25.1 Å². The summed E-state index contributed by atoms with van der Waals surface area (Å²) in [7, 11) is 0. The number of amides is 2. The standard InChI is InChI=1S/C20H33N3O2/c1-2-13-22-20(24)23-15-11-18(12-16-23)21-14-7-4-8-17-25-19-9-5-3-6-10-19/h3,5-6,9-10,18,21H,2,4,7-8,11-17H2,1H3,(H,22,24). The third-order valence-electron chi connectivity index (χ3n) is 4.57. The number of hydrogen-bond donors (Lipinski definition) is 2. The SMILES string of the molecule is CCCNC(=O)N1CCC(NCCCCCOc2ccccc2)CC1. The van der Waals surface area contributed by atoms with Crippen LogP contribution in [0.3, 0.4) is 0 Å². The van der Waals surface area contributed by atoms with Gasteiger partial charge in [0.25, 0.3) is 0 Å². The molecule has 0 radical (unpaired) electrons. The number of likely N-dealkylation sites (tertiary alicyclic amines) is 1. The molecule has 0 aromatic heterocycles. The quantitative estimate of drug-likeness (QED) is 0.638. The largest absolute Gasteiger partial charge is 0.494 e. The highest BCUT2D eigenvalue weighted by atomic mass is 16.5. The van der Waals surface area contributed by atoms with Gasteiger partial charge in [-0.2, -0.15) is 0 Å². The molecule has 5 heteroatoms. The first-order valence-electron chi connectivity index (χ1n) is 9.73. The number of piperidine rings is 1. The molecular weight excluding hydrogens is 314 g/mol. The van der Waals surface area contributed by atoms with E-state index >= 15 is 0 Å². The van der Waals surface area contributed by atoms with Crippen LogP contribution in [-0.4, -0.2) is 49.8 Å². The van der Waals surface area contributed by atoms with Crippen LogP contribution in [0.4, 0.5) is 4.79 Å². The molecular formula is C20H33N3O2. The van der Waals surface area contributed by atoms with E-state index < -0.39 is 0 Å². The van der Waals surface area contributed by atoms with Crippen molar-refractivity contribution in [1.82, 2.24) is 15.5 Å². The summed E-state index contributed by atoms with van der Waals surface area (Å²) < 4.78 is 5.70. The Morgan fingerprint density at radius 2 is 1.88 bits per heavy atom. The van der Waals surface area contributed by atoms with Gasteiger partial charge in [-0.25, -0.2) is 4.79 Å². The maximum Gasteiger partial charge on any atom is 0.317 e. The lowest BCUT2D eigenvalue weighted by atomic mass is 10.1. The Morgan fingerprint density at radius 3 is 2.60 bits per heavy atom. The van der Waals surface area contributed by atoms with Crippen molar-refractivity contribution in [1.29, 1.82) is 0 Å². The second-order valence-corrected chi connectivity index (χ2v) is 6.67. The second-order valence-electron chi connectivity index (χ2n) is 6.67. The second kappa shape index (κ2) is 11.7. The molecule has 1 fully saturated rings. The molecule has 1 heterocycles. The number of carbonyl (C=O) groups excluding carboxylic acids is 1. The van der Waals surface area contributed by atoms with Gasteiger partial charge in [0, 0.05) is 25.7 Å². The van der Waals surface area contributed by atoms with Crippen molar-refractivity contribution in [2.45, 2.75) is 51.5 Å². The van der Waals surface area contributed by atoms with E-state index in [0.717, 1.165) is 64.2 Å². The predicted molar refractivity (Wildman–Crippen MR) is 102 cm³/mol. The Hall–Kier alpha value is -1.75. The average Bonchev–Trinajstić information content (AvgIpc) is 2.66. The Morgan fingerprint density at radius 1 is 1.12 bits per heavy atom. The first kappa shape index (κ1) is 19.6. The Bertz CT molecular complexity index is 473. The summed E-state index contributed by atoms with van der Waals surface area (Å²) in [6.07, 6.45) is 6.54. The van der Waals surface area contributed by atoms with E-state index in [2.05, 4.69) is 17.6 Å². The van der Waals surface area contributed by atoms with Crippen LogP contribution in [0.2, 0.25) is 0 Å². The Balaban J connectivity index is 1.45. The lowest BCUT2D eigenvalue weighted by Gasteiger charge is -2.32. The van der Waals surface area contributed by atoms with Gasteiger partial charge >= 0.3 is 6.03 Å². The van der Waals surface area contributed by atoms with Crippen molar-refractivity contribution in [3.63, 3.8) is 0 Å². The van der Waals surface area contributed by atoms with E-state index in [1.807, 2.05) is 35.2 Å². The van der Waals surface area contributed by atoms with Crippen LogP contribution in [0.1, 0.15) is 45.4 Å². The smallest absolute Gasteiger partial charge is 0.317 e. The van der Waals surface area contributed by atoms with E-state index in [-0.39, 0.29) is 6.03 Å². The predicted octanol–water partition coefficient (Wildman–Crippen LogP) is 3.41. The lowest BCUT2D eigenvalue weighted by Crippen LogP contribution is -2.48. The molecule has 25 heavy (non-hydrogen) atoms. The Labute approximate surface area is 152 Å². The van der Waals surface area contributed by atoms with E-state index in [0.29, 0.717) is 6.04 Å². The van der Waals surface area contributed by atoms with E-state index in [1.54, 1.807) is 0 Å². The molecule has 5 nitrogen and oxygen atoms in total. The van der Waals surface area contributed by atoms with Crippen LogP contribution in [0.5, 0.6) is 5.75 Å². The normalized spacial score (nSPS) is 15.2. The minimum atomic E-state index is 0.0960. The highest BCUT2D eigenvalue weighted by Gasteiger charge is 2.21. The highest BCUT2D eigenvalue weighted by Crippen LogP contribution is 2.11. The summed E-state index contributed by atoms with van der Waals surface area (Å²) in [5.74, 6) is 0.954. The van der Waals surface area contributed by atoms with Gasteiger partial charge < -0.3 is 20.3 Å². The monoisotopic (exact) mass is 347 g/mol. The zero-order valence-corrected chi connectivity index (χ0v) is 15.5. The summed E-state index contributed by atoms with van der Waals surface area (Å²) in [4.78, 5) is 13.8. The fourth-order valence-corrected chi connectivity index (χ4v) is 3.05. The van der Waals surface area contributed by atoms with Crippen molar-refractivity contribution in [2.75, 3.05) is 32.8 Å². The molecule has 2 rings (SSSR count). The molecule has 1 aliphatic rings. The minimum absolute atomic E-state index is 0.0960. The van der Waals surface area contributed by atoms with Crippen LogP contribution in [0.25, 0.3) is 0 Å². The highest BCUT2D eigenvalue weighted by molar-refractivity contribution is 5.74. The van der Waals surface area contributed by atoms with Crippen LogP contribution in [0, 0.1) is 0 Å². The van der Waals surface area contributed by atoms with Gasteiger partial charge in [-0.05, 0) is 57.2 Å². The number of para-hydroxylation sites is 1. The molecule has 0 unspecified atom stereocenters. The summed E-state index contributed by atoms with van der Waals surface area (Å²) in [5.41, 5.74) is 0. The van der Waals surface area contributed by atoms with Crippen LogP contribution < -0.4 is 15.4 Å². The molecule has 0 atom stereocenters. The lowest BCUT2D eigenvalue weighted by molar-refractivity contribution is 0.176. The fraction of sp³-hybridized carbons (Fsp3) is 0.650. The molecule has 140 valence electrons. The number of rotatable bonds is 10. The number of unbranched alkanes of at least 4 members (excludes halogenated alkanes) is 2. The van der Waals surface area contributed by atoms with Crippen LogP contribution >= 0.6 is 0 Å². The van der Waals surface area contributed by atoms with E-state index in [4.69, 9.17) is 4.74 Å². The number of hydrogen-bond acceptors (Lipinski definition) is 3. The van der Waals surface area contributed by atoms with Gasteiger partial charge in [0.15, 0.2) is 0 Å². The van der Waals surface area contributed by atoms with Crippen molar-refractivity contribution in [2.24, 2.45) is 0 Å². The third-order valence-corrected chi connectivity index (χ3v) is 4.57. The van der Waals surface area contributed by atoms with Crippen molar-refractivity contribution in [3.05, 3.63) is 30.3 Å². The van der Waals surface area contributed by atoms with E-state index in [1.165, 1.54) is 12.8 Å². The number of ether oxygens (including phenoxy) is 1. The topological polar surface area (TPSA) is 53.6 Å². The van der Waals surface area contributed by atoms with Crippen LogP contribution in [0.15, 0.2) is 30.3 Å². The third kappa shape index (κ3) is 7.78. The number of nitrogens with one attached hydrogen (secondary N) is 2. The van der Waals surface area contributed by atoms with E-state index in [9.17, 15) is 4.79 Å². The zero-order chi connectivity index (χ0) is 17.7. The first-order chi connectivity index (χ1) is 12.3. The maximum atomic E-state index is 11.9. The average molecular weight is 348 g/mol. The molecule has 0 saturated carbocycles. The van der Waals surface area contributed by atoms with Gasteiger partial charge in [0.2, 0.25) is 0 Å². The van der Waals surface area contributed by atoms with Crippen molar-refractivity contribution in [3.8, 4) is 5.75 Å². The van der Waals surface area contributed by atoms with Gasteiger partial charge in [0.1, 0.15) is 5.75 Å². The fourth-order valence-electron chi connectivity index (χ4n) is 3.05. The molecule has 0 aliphatic carbocycles. The molecule has 1 aromatic rings. The number of carbonyl (C=O) groups is 1. The van der Waals surface area contributed by atoms with Crippen molar-refractivity contribution >= 4 is 6.03 Å². The van der Waals surface area contributed by atoms with Crippen molar-refractivity contribution < 1.29 is 9.53 Å². The molecule has 1 aromatic carbocycles. The zero-order valence-electron chi connectivity index (χ0n) is 15.5. The summed E-state index contributed by atoms with van der Waals surface area (Å²) in [5, 5.41) is 6.59. The summed E-state index contributed by atoms with van der Waals surface area (Å²) in [6, 6.07) is 10.6. The van der Waals surface area contributed by atoms with Crippen LogP contribution in [-0.2, 0) is 0 Å². The molecule has 2 N–H and O–H groups in total. The number of urea groups is 1. The molecule has 1 saturated heterocycles. The van der Waals surface area contributed by atoms with Gasteiger partial charge in [-0.3, -0.25) is 0 Å². The number of benzene rings is 1. The number of nitrogens with zero attached hydrogens (tertiary/aromatic N) is 1. The Kier molecular flexibility index (Phi) is 9.19.